The molecular weight excluding hydrogens is 256 g/mol. The number of fused-ring (bicyclic) bond motifs is 3. The van der Waals surface area contributed by atoms with Gasteiger partial charge in [-0.2, -0.15) is 0 Å². The molecule has 21 heavy (non-hydrogen) atoms. The first-order valence-corrected chi connectivity index (χ1v) is 6.96. The zero-order valence-electron chi connectivity index (χ0n) is 11.5. The summed E-state index contributed by atoms with van der Waals surface area (Å²) in [7, 11) is 0. The van der Waals surface area contributed by atoms with E-state index in [1.165, 1.54) is 5.39 Å². The summed E-state index contributed by atoms with van der Waals surface area (Å²) in [5.74, 6) is 0. The lowest BCUT2D eigenvalue weighted by Gasteiger charge is -2.10. The molecule has 0 atom stereocenters. The highest BCUT2D eigenvalue weighted by Gasteiger charge is 2.09. The van der Waals surface area contributed by atoms with Gasteiger partial charge < -0.3 is 5.73 Å². The van der Waals surface area contributed by atoms with E-state index in [9.17, 15) is 0 Å². The minimum atomic E-state index is 0.761. The smallest absolute Gasteiger partial charge is 0.0788 e. The Morgan fingerprint density at radius 1 is 0.667 bits per heavy atom. The van der Waals surface area contributed by atoms with Crippen LogP contribution in [0.1, 0.15) is 0 Å². The monoisotopic (exact) mass is 270 g/mol. The van der Waals surface area contributed by atoms with Gasteiger partial charge in [-0.3, -0.25) is 0 Å². The Labute approximate surface area is 122 Å². The summed E-state index contributed by atoms with van der Waals surface area (Å²) in [6.07, 6.45) is 0. The Kier molecular flexibility index (Phi) is 2.61. The Balaban J connectivity index is 2.20. The molecule has 4 aromatic rings. The summed E-state index contributed by atoms with van der Waals surface area (Å²) in [6.45, 7) is 0. The first-order chi connectivity index (χ1) is 10.3. The van der Waals surface area contributed by atoms with Crippen molar-refractivity contribution in [2.24, 2.45) is 0 Å². The Morgan fingerprint density at radius 2 is 1.43 bits per heavy atom. The van der Waals surface area contributed by atoms with Gasteiger partial charge in [-0.05, 0) is 23.6 Å². The quantitative estimate of drug-likeness (QED) is 0.404. The molecule has 1 heterocycles. The summed E-state index contributed by atoms with van der Waals surface area (Å²) in [5.41, 5.74) is 9.85. The normalized spacial score (nSPS) is 11.0. The first-order valence-electron chi connectivity index (χ1n) is 6.96. The van der Waals surface area contributed by atoms with Crippen molar-refractivity contribution in [2.45, 2.75) is 0 Å². The Morgan fingerprint density at radius 3 is 2.29 bits per heavy atom. The summed E-state index contributed by atoms with van der Waals surface area (Å²) in [4.78, 5) is 4.86. The van der Waals surface area contributed by atoms with Gasteiger partial charge in [0.25, 0.3) is 0 Å². The second-order valence-electron chi connectivity index (χ2n) is 5.15. The van der Waals surface area contributed by atoms with E-state index in [0.717, 1.165) is 33.2 Å². The maximum atomic E-state index is 5.99. The average Bonchev–Trinajstić information content (AvgIpc) is 2.54. The third-order valence-electron chi connectivity index (χ3n) is 3.77. The van der Waals surface area contributed by atoms with E-state index in [-0.39, 0.29) is 0 Å². The lowest BCUT2D eigenvalue weighted by atomic mass is 9.99. The van der Waals surface area contributed by atoms with Crippen molar-refractivity contribution in [1.29, 1.82) is 0 Å². The number of hydrogen-bond donors (Lipinski definition) is 1. The fraction of sp³-hybridized carbons (Fsp3) is 0. The number of hydrogen-bond acceptors (Lipinski definition) is 2. The van der Waals surface area contributed by atoms with Crippen LogP contribution in [-0.2, 0) is 0 Å². The van der Waals surface area contributed by atoms with Crippen molar-refractivity contribution in [3.05, 3.63) is 72.8 Å². The number of para-hydroxylation sites is 1. The van der Waals surface area contributed by atoms with Crippen molar-refractivity contribution in [1.82, 2.24) is 4.98 Å². The molecule has 0 spiro atoms. The SMILES string of the molecule is Nc1ccc2c(c1)c(-c1ccccc1)nc1ccccc12. The Bertz CT molecular complexity index is 943. The van der Waals surface area contributed by atoms with Gasteiger partial charge in [0.2, 0.25) is 0 Å². The fourth-order valence-corrected chi connectivity index (χ4v) is 2.79. The van der Waals surface area contributed by atoms with Crippen LogP contribution in [0.4, 0.5) is 5.69 Å². The second kappa shape index (κ2) is 4.60. The topological polar surface area (TPSA) is 38.9 Å². The lowest BCUT2D eigenvalue weighted by molar-refractivity contribution is 1.43. The molecule has 3 aromatic carbocycles. The molecule has 2 N–H and O–H groups in total. The van der Waals surface area contributed by atoms with E-state index in [1.54, 1.807) is 0 Å². The number of pyridine rings is 1. The van der Waals surface area contributed by atoms with Crippen LogP contribution >= 0.6 is 0 Å². The molecule has 1 aromatic heterocycles. The van der Waals surface area contributed by atoms with E-state index in [4.69, 9.17) is 10.7 Å². The van der Waals surface area contributed by atoms with E-state index >= 15 is 0 Å². The lowest BCUT2D eigenvalue weighted by Crippen LogP contribution is -1.91. The number of nitrogens with zero attached hydrogens (tertiary/aromatic N) is 1. The third-order valence-corrected chi connectivity index (χ3v) is 3.77. The standard InChI is InChI=1S/C19H14N2/c20-14-10-11-15-16-8-4-5-9-18(16)21-19(17(15)12-14)13-6-2-1-3-7-13/h1-12H,20H2. The molecule has 0 radical (unpaired) electrons. The van der Waals surface area contributed by atoms with Crippen LogP contribution in [0.5, 0.6) is 0 Å². The zero-order valence-corrected chi connectivity index (χ0v) is 11.5. The molecule has 0 saturated carbocycles. The van der Waals surface area contributed by atoms with Gasteiger partial charge in [-0.15, -0.1) is 0 Å². The van der Waals surface area contributed by atoms with Crippen molar-refractivity contribution in [3.8, 4) is 11.3 Å². The number of nitrogens with two attached hydrogens (primary N) is 1. The maximum Gasteiger partial charge on any atom is 0.0788 e. The third kappa shape index (κ3) is 1.93. The van der Waals surface area contributed by atoms with Gasteiger partial charge in [0, 0.05) is 22.0 Å². The molecule has 0 aliphatic rings. The van der Waals surface area contributed by atoms with Crippen LogP contribution in [0.15, 0.2) is 72.8 Å². The van der Waals surface area contributed by atoms with Crippen molar-refractivity contribution >= 4 is 27.4 Å². The molecule has 0 unspecified atom stereocenters. The van der Waals surface area contributed by atoms with Gasteiger partial charge in [-0.25, -0.2) is 4.98 Å². The molecule has 0 amide bonds. The van der Waals surface area contributed by atoms with Gasteiger partial charge >= 0.3 is 0 Å². The van der Waals surface area contributed by atoms with E-state index in [2.05, 4.69) is 30.3 Å². The van der Waals surface area contributed by atoms with Crippen LogP contribution in [0.3, 0.4) is 0 Å². The number of aromatic nitrogens is 1. The van der Waals surface area contributed by atoms with Gasteiger partial charge in [-0.1, -0.05) is 54.6 Å². The highest BCUT2D eigenvalue weighted by atomic mass is 14.7. The highest BCUT2D eigenvalue weighted by Crippen LogP contribution is 2.33. The minimum Gasteiger partial charge on any atom is -0.399 e. The molecule has 0 bridgehead atoms. The average molecular weight is 270 g/mol. The molecule has 0 fully saturated rings. The maximum absolute atomic E-state index is 5.99. The predicted octanol–water partition coefficient (Wildman–Crippen LogP) is 4.64. The molecular formula is C19H14N2. The molecule has 0 aliphatic heterocycles. The number of benzene rings is 3. The van der Waals surface area contributed by atoms with E-state index < -0.39 is 0 Å². The number of nitrogen functional groups attached to an aromatic ring is 1. The second-order valence-corrected chi connectivity index (χ2v) is 5.15. The van der Waals surface area contributed by atoms with Crippen molar-refractivity contribution < 1.29 is 0 Å². The molecule has 4 rings (SSSR count). The first kappa shape index (κ1) is 11.9. The minimum absolute atomic E-state index is 0.761. The Hall–Kier alpha value is -2.87. The molecule has 0 aliphatic carbocycles. The van der Waals surface area contributed by atoms with Gasteiger partial charge in [0.1, 0.15) is 0 Å². The molecule has 0 saturated heterocycles. The van der Waals surface area contributed by atoms with Crippen LogP contribution in [0.2, 0.25) is 0 Å². The summed E-state index contributed by atoms with van der Waals surface area (Å²) >= 11 is 0. The van der Waals surface area contributed by atoms with Crippen LogP contribution < -0.4 is 5.73 Å². The van der Waals surface area contributed by atoms with E-state index in [1.807, 2.05) is 42.5 Å². The van der Waals surface area contributed by atoms with Crippen LogP contribution in [0, 0.1) is 0 Å². The summed E-state index contributed by atoms with van der Waals surface area (Å²) < 4.78 is 0. The summed E-state index contributed by atoms with van der Waals surface area (Å²) in [5, 5.41) is 3.45. The van der Waals surface area contributed by atoms with Crippen LogP contribution in [0.25, 0.3) is 32.9 Å². The fourth-order valence-electron chi connectivity index (χ4n) is 2.79. The largest absolute Gasteiger partial charge is 0.399 e. The van der Waals surface area contributed by atoms with Crippen molar-refractivity contribution in [2.75, 3.05) is 5.73 Å². The van der Waals surface area contributed by atoms with Crippen molar-refractivity contribution in [3.63, 3.8) is 0 Å². The zero-order chi connectivity index (χ0) is 14.2. The predicted molar refractivity (Wildman–Crippen MR) is 89.1 cm³/mol. The number of anilines is 1. The molecule has 2 heteroatoms. The molecule has 100 valence electrons. The van der Waals surface area contributed by atoms with Gasteiger partial charge in [0.05, 0.1) is 11.2 Å². The van der Waals surface area contributed by atoms with Crippen LogP contribution in [-0.4, -0.2) is 4.98 Å². The summed E-state index contributed by atoms with van der Waals surface area (Å²) in [6, 6.07) is 24.5. The highest BCUT2D eigenvalue weighted by molar-refractivity contribution is 6.11. The molecule has 2 nitrogen and oxygen atoms in total. The van der Waals surface area contributed by atoms with E-state index in [0.29, 0.717) is 0 Å². The van der Waals surface area contributed by atoms with Gasteiger partial charge in [0.15, 0.2) is 0 Å². The number of rotatable bonds is 1.